The number of nitrogens with one attached hydrogen (secondary N) is 2. The van der Waals surface area contributed by atoms with Crippen LogP contribution >= 0.6 is 0 Å². The van der Waals surface area contributed by atoms with Crippen LogP contribution in [0.3, 0.4) is 0 Å². The third-order valence-corrected chi connectivity index (χ3v) is 4.03. The van der Waals surface area contributed by atoms with Gasteiger partial charge in [-0.05, 0) is 24.6 Å². The molecule has 11 heteroatoms. The SMILES string of the molecule is CC1=C(C(=O)OCC(F)(F)C(F)(F)F)C(c2ccc(N(C)C)cc2)NC(=O)N1. The lowest BCUT2D eigenvalue weighted by Gasteiger charge is -2.29. The normalized spacial score (nSPS) is 17.7. The van der Waals surface area contributed by atoms with Crippen LogP contribution in [0.25, 0.3) is 0 Å². The number of rotatable bonds is 5. The van der Waals surface area contributed by atoms with E-state index in [1.807, 2.05) is 0 Å². The Labute approximate surface area is 157 Å². The molecular formula is C17H18F5N3O3. The van der Waals surface area contributed by atoms with Gasteiger partial charge in [-0.15, -0.1) is 0 Å². The van der Waals surface area contributed by atoms with Crippen molar-refractivity contribution in [3.05, 3.63) is 41.1 Å². The van der Waals surface area contributed by atoms with E-state index in [1.165, 1.54) is 6.92 Å². The van der Waals surface area contributed by atoms with Crippen LogP contribution < -0.4 is 15.5 Å². The van der Waals surface area contributed by atoms with Crippen molar-refractivity contribution >= 4 is 17.7 Å². The van der Waals surface area contributed by atoms with Gasteiger partial charge in [-0.1, -0.05) is 12.1 Å². The first-order valence-corrected chi connectivity index (χ1v) is 8.00. The van der Waals surface area contributed by atoms with Crippen molar-refractivity contribution in [3.8, 4) is 0 Å². The summed E-state index contributed by atoms with van der Waals surface area (Å²) in [6, 6.07) is 4.85. The van der Waals surface area contributed by atoms with Crippen LogP contribution in [0, 0.1) is 0 Å². The molecule has 1 heterocycles. The highest BCUT2D eigenvalue weighted by Gasteiger charge is 2.58. The van der Waals surface area contributed by atoms with E-state index in [2.05, 4.69) is 15.4 Å². The maximum atomic E-state index is 13.0. The number of anilines is 1. The number of amides is 2. The Balaban J connectivity index is 2.29. The van der Waals surface area contributed by atoms with Crippen LogP contribution in [0.15, 0.2) is 35.5 Å². The van der Waals surface area contributed by atoms with Crippen LogP contribution in [0.5, 0.6) is 0 Å². The Bertz CT molecular complexity index is 788. The van der Waals surface area contributed by atoms with Crippen molar-refractivity contribution in [1.82, 2.24) is 10.6 Å². The van der Waals surface area contributed by atoms with E-state index >= 15 is 0 Å². The standard InChI is InChI=1S/C17H18F5N3O3/c1-9-12(14(26)28-8-16(18,19)17(20,21)22)13(24-15(27)23-9)10-4-6-11(7-5-10)25(2)3/h4-7,13H,8H2,1-3H3,(H2,23,24,27). The molecule has 0 saturated heterocycles. The van der Waals surface area contributed by atoms with E-state index in [1.54, 1.807) is 43.3 Å². The molecule has 0 spiro atoms. The van der Waals surface area contributed by atoms with E-state index in [0.717, 1.165) is 5.69 Å². The van der Waals surface area contributed by atoms with Crippen LogP contribution in [0.4, 0.5) is 32.4 Å². The number of benzene rings is 1. The number of nitrogens with zero attached hydrogens (tertiary/aromatic N) is 1. The number of hydrogen-bond acceptors (Lipinski definition) is 4. The number of ether oxygens (including phenoxy) is 1. The minimum Gasteiger partial charge on any atom is -0.455 e. The largest absolute Gasteiger partial charge is 0.456 e. The van der Waals surface area contributed by atoms with Gasteiger partial charge in [0, 0.05) is 25.5 Å². The summed E-state index contributed by atoms with van der Waals surface area (Å²) in [5.41, 5.74) is 0.967. The molecule has 1 unspecified atom stereocenters. The van der Waals surface area contributed by atoms with Crippen molar-refractivity contribution < 1.29 is 36.3 Å². The van der Waals surface area contributed by atoms with Gasteiger partial charge >= 0.3 is 24.1 Å². The molecule has 0 bridgehead atoms. The van der Waals surface area contributed by atoms with Gasteiger partial charge in [0.2, 0.25) is 0 Å². The Hall–Kier alpha value is -2.85. The highest BCUT2D eigenvalue weighted by molar-refractivity contribution is 5.95. The molecule has 154 valence electrons. The molecule has 1 aromatic rings. The quantitative estimate of drug-likeness (QED) is 0.581. The summed E-state index contributed by atoms with van der Waals surface area (Å²) in [7, 11) is 3.60. The van der Waals surface area contributed by atoms with Crippen molar-refractivity contribution in [2.45, 2.75) is 25.1 Å². The minimum atomic E-state index is -5.85. The van der Waals surface area contributed by atoms with Crippen LogP contribution in [-0.4, -0.2) is 44.8 Å². The van der Waals surface area contributed by atoms with Crippen molar-refractivity contribution in [1.29, 1.82) is 0 Å². The smallest absolute Gasteiger partial charge is 0.455 e. The average molecular weight is 407 g/mol. The van der Waals surface area contributed by atoms with Crippen molar-refractivity contribution in [2.75, 3.05) is 25.6 Å². The number of halogens is 5. The maximum Gasteiger partial charge on any atom is 0.456 e. The molecule has 1 aliphatic heterocycles. The topological polar surface area (TPSA) is 70.7 Å². The first kappa shape index (κ1) is 21.5. The third-order valence-electron chi connectivity index (χ3n) is 4.03. The van der Waals surface area contributed by atoms with Gasteiger partial charge in [0.25, 0.3) is 0 Å². The van der Waals surface area contributed by atoms with E-state index in [0.29, 0.717) is 5.56 Å². The second-order valence-corrected chi connectivity index (χ2v) is 6.33. The summed E-state index contributed by atoms with van der Waals surface area (Å²) >= 11 is 0. The van der Waals surface area contributed by atoms with Gasteiger partial charge < -0.3 is 20.3 Å². The molecule has 0 radical (unpaired) electrons. The number of esters is 1. The molecule has 2 amide bonds. The summed E-state index contributed by atoms with van der Waals surface area (Å²) in [5, 5.41) is 4.72. The van der Waals surface area contributed by atoms with E-state index in [-0.39, 0.29) is 11.3 Å². The fourth-order valence-electron chi connectivity index (χ4n) is 2.50. The number of carbonyl (C=O) groups is 2. The lowest BCUT2D eigenvalue weighted by molar-refractivity contribution is -0.293. The number of carbonyl (C=O) groups excluding carboxylic acids is 2. The summed E-state index contributed by atoms with van der Waals surface area (Å²) in [6.07, 6.45) is -5.85. The third kappa shape index (κ3) is 4.52. The molecule has 6 nitrogen and oxygen atoms in total. The fourth-order valence-corrected chi connectivity index (χ4v) is 2.50. The van der Waals surface area contributed by atoms with Gasteiger partial charge in [-0.25, -0.2) is 9.59 Å². The fraction of sp³-hybridized carbons (Fsp3) is 0.412. The first-order valence-electron chi connectivity index (χ1n) is 8.00. The van der Waals surface area contributed by atoms with Gasteiger partial charge in [0.15, 0.2) is 6.61 Å². The van der Waals surface area contributed by atoms with Gasteiger partial charge in [-0.3, -0.25) is 0 Å². The molecule has 0 fully saturated rings. The van der Waals surface area contributed by atoms with Crippen LogP contribution in [0.2, 0.25) is 0 Å². The highest BCUT2D eigenvalue weighted by Crippen LogP contribution is 2.36. The van der Waals surface area contributed by atoms with Crippen LogP contribution in [0.1, 0.15) is 18.5 Å². The van der Waals surface area contributed by atoms with E-state index in [9.17, 15) is 31.5 Å². The Morgan fingerprint density at radius 3 is 2.21 bits per heavy atom. The highest BCUT2D eigenvalue weighted by atomic mass is 19.4. The Morgan fingerprint density at radius 2 is 1.71 bits per heavy atom. The number of urea groups is 1. The zero-order valence-corrected chi connectivity index (χ0v) is 15.2. The van der Waals surface area contributed by atoms with Gasteiger partial charge in [0.05, 0.1) is 11.6 Å². The predicted octanol–water partition coefficient (Wildman–Crippen LogP) is 3.12. The lowest BCUT2D eigenvalue weighted by atomic mass is 9.95. The monoisotopic (exact) mass is 407 g/mol. The van der Waals surface area contributed by atoms with Crippen molar-refractivity contribution in [3.63, 3.8) is 0 Å². The van der Waals surface area contributed by atoms with E-state index < -0.39 is 36.7 Å². The summed E-state index contributed by atoms with van der Waals surface area (Å²) in [6.45, 7) is -0.842. The summed E-state index contributed by atoms with van der Waals surface area (Å²) < 4.78 is 67.1. The predicted molar refractivity (Wildman–Crippen MR) is 89.8 cm³/mol. The molecule has 0 aliphatic carbocycles. The van der Waals surface area contributed by atoms with Gasteiger partial charge in [0.1, 0.15) is 0 Å². The molecule has 28 heavy (non-hydrogen) atoms. The summed E-state index contributed by atoms with van der Waals surface area (Å²) in [4.78, 5) is 25.8. The maximum absolute atomic E-state index is 13.0. The molecule has 0 aromatic heterocycles. The zero-order chi connectivity index (χ0) is 21.3. The van der Waals surface area contributed by atoms with Crippen LogP contribution in [-0.2, 0) is 9.53 Å². The number of hydrogen-bond donors (Lipinski definition) is 2. The Morgan fingerprint density at radius 1 is 1.14 bits per heavy atom. The van der Waals surface area contributed by atoms with E-state index in [4.69, 9.17) is 0 Å². The minimum absolute atomic E-state index is 0.00855. The zero-order valence-electron chi connectivity index (χ0n) is 15.2. The lowest BCUT2D eigenvalue weighted by Crippen LogP contribution is -2.46. The van der Waals surface area contributed by atoms with Gasteiger partial charge in [-0.2, -0.15) is 22.0 Å². The molecule has 1 aliphatic rings. The molecule has 2 N–H and O–H groups in total. The molecule has 0 saturated carbocycles. The Kier molecular flexibility index (Phi) is 5.86. The first-order chi connectivity index (χ1) is 12.8. The second kappa shape index (κ2) is 7.64. The molecule has 2 rings (SSSR count). The molecule has 1 aromatic carbocycles. The van der Waals surface area contributed by atoms with Crippen molar-refractivity contribution in [2.24, 2.45) is 0 Å². The summed E-state index contributed by atoms with van der Waals surface area (Å²) in [5.74, 6) is -6.58. The number of alkyl halides is 5. The average Bonchev–Trinajstić information content (AvgIpc) is 2.58. The second-order valence-electron chi connectivity index (χ2n) is 6.33. The molecular weight excluding hydrogens is 389 g/mol. The molecule has 1 atom stereocenters. The number of allylic oxidation sites excluding steroid dienone is 1.